The average Bonchev–Trinajstić information content (AvgIpc) is 1.56. The van der Waals surface area contributed by atoms with E-state index in [0.29, 0.717) is 101 Å². The molecular formula is C67H74N2O21S2. The highest BCUT2D eigenvalue weighted by molar-refractivity contribution is 8.24. The van der Waals surface area contributed by atoms with Gasteiger partial charge in [0.1, 0.15) is 48.4 Å². The molecule has 0 aromatic heterocycles. The van der Waals surface area contributed by atoms with Crippen molar-refractivity contribution in [1.29, 1.82) is 5.26 Å². The maximum absolute atomic E-state index is 14.0. The molecule has 3 aromatic carbocycles. The van der Waals surface area contributed by atoms with Gasteiger partial charge in [-0.15, -0.1) is 0 Å². The third-order valence-corrected chi connectivity index (χ3v) is 17.6. The lowest BCUT2D eigenvalue weighted by atomic mass is 9.82. The van der Waals surface area contributed by atoms with Crippen molar-refractivity contribution >= 4 is 83.2 Å². The Bertz CT molecular complexity index is 3310. The topological polar surface area (TPSA) is 300 Å². The van der Waals surface area contributed by atoms with Crippen LogP contribution in [0, 0.1) is 55.4 Å². The van der Waals surface area contributed by atoms with E-state index < -0.39 is 102 Å². The fourth-order valence-corrected chi connectivity index (χ4v) is 12.3. The molecule has 0 spiro atoms. The zero-order chi connectivity index (χ0) is 66.9. The lowest BCUT2D eigenvalue weighted by molar-refractivity contribution is -0.157. The monoisotopic (exact) mass is 1310 g/mol. The number of ether oxygens (including phenoxy) is 11. The number of allylic oxidation sites excluding steroid dienone is 1. The van der Waals surface area contributed by atoms with Gasteiger partial charge in [0.15, 0.2) is 0 Å². The summed E-state index contributed by atoms with van der Waals surface area (Å²) in [7, 11) is 0. The zero-order valence-electron chi connectivity index (χ0n) is 51.9. The summed E-state index contributed by atoms with van der Waals surface area (Å²) in [5.41, 5.74) is 2.45. The SMILES string of the molecule is [C-]#[N+]/C(C#N)=C1\Sc2c(OC(=O)[C@H]3CC[C@H](C(=O)Oc4ccc(CCOC(=O)CCC(=O)OC(C)COC(=O)C=C)cc4)CC3)c(C)c(C)c(OC(=O)[C@H]3CC[C@H](C(=O)Oc4ccc(CCOC(=O)CCC(=O)OC(C)COC(C)COC(=O)C=C)cc4)CC3)c2S1. The van der Waals surface area contributed by atoms with Gasteiger partial charge in [0.25, 0.3) is 5.70 Å². The second-order valence-corrected chi connectivity index (χ2v) is 24.4. The van der Waals surface area contributed by atoms with E-state index in [4.69, 9.17) is 58.7 Å². The Morgan fingerprint density at radius 2 is 0.880 bits per heavy atom. The van der Waals surface area contributed by atoms with Gasteiger partial charge >= 0.3 is 59.7 Å². The molecule has 490 valence electrons. The van der Waals surface area contributed by atoms with Crippen LogP contribution in [0.3, 0.4) is 0 Å². The van der Waals surface area contributed by atoms with Crippen molar-refractivity contribution in [3.8, 4) is 29.1 Å². The normalized spacial score (nSPS) is 18.0. The van der Waals surface area contributed by atoms with E-state index in [9.17, 15) is 53.2 Å². The van der Waals surface area contributed by atoms with Crippen LogP contribution in [0.15, 0.2) is 93.6 Å². The van der Waals surface area contributed by atoms with Crippen LogP contribution in [0.4, 0.5) is 0 Å². The average molecular weight is 1310 g/mol. The van der Waals surface area contributed by atoms with Crippen LogP contribution in [0.25, 0.3) is 4.85 Å². The molecule has 92 heavy (non-hydrogen) atoms. The maximum atomic E-state index is 14.0. The summed E-state index contributed by atoms with van der Waals surface area (Å²) in [4.78, 5) is 130. The molecule has 3 unspecified atom stereocenters. The Hall–Kier alpha value is -8.78. The van der Waals surface area contributed by atoms with Crippen molar-refractivity contribution in [3.63, 3.8) is 0 Å². The lowest BCUT2D eigenvalue weighted by Gasteiger charge is -2.27. The Labute approximate surface area is 541 Å². The molecule has 0 amide bonds. The number of hydrogen-bond acceptors (Lipinski definition) is 24. The predicted octanol–water partition coefficient (Wildman–Crippen LogP) is 10.2. The molecule has 0 bridgehead atoms. The van der Waals surface area contributed by atoms with E-state index in [0.717, 1.165) is 46.8 Å². The molecule has 3 aliphatic rings. The van der Waals surface area contributed by atoms with E-state index in [-0.39, 0.29) is 75.9 Å². The van der Waals surface area contributed by atoms with Crippen molar-refractivity contribution < 1.29 is 100 Å². The number of nitrogens with zero attached hydrogens (tertiary/aromatic N) is 2. The third-order valence-electron chi connectivity index (χ3n) is 15.0. The summed E-state index contributed by atoms with van der Waals surface area (Å²) < 4.78 is 60.3. The lowest BCUT2D eigenvalue weighted by Crippen LogP contribution is -2.31. The Morgan fingerprint density at radius 3 is 1.24 bits per heavy atom. The van der Waals surface area contributed by atoms with E-state index in [2.05, 4.69) is 18.0 Å². The molecule has 0 N–H and O–H groups in total. The van der Waals surface area contributed by atoms with Crippen LogP contribution >= 0.6 is 23.5 Å². The number of nitriles is 1. The predicted molar refractivity (Wildman–Crippen MR) is 330 cm³/mol. The van der Waals surface area contributed by atoms with Crippen LogP contribution in [0.1, 0.15) is 120 Å². The van der Waals surface area contributed by atoms with Crippen LogP contribution in [0.2, 0.25) is 0 Å². The number of hydrogen-bond donors (Lipinski definition) is 0. The molecule has 1 aliphatic heterocycles. The minimum Gasteiger partial charge on any atom is -0.465 e. The molecule has 2 aliphatic carbocycles. The first kappa shape index (κ1) is 72.3. The molecule has 3 atom stereocenters. The summed E-state index contributed by atoms with van der Waals surface area (Å²) in [6.07, 6.45) is 3.05. The van der Waals surface area contributed by atoms with E-state index >= 15 is 0 Å². The first-order valence-electron chi connectivity index (χ1n) is 30.1. The second kappa shape index (κ2) is 36.3. The summed E-state index contributed by atoms with van der Waals surface area (Å²) in [5, 5.41) is 9.83. The van der Waals surface area contributed by atoms with Crippen LogP contribution < -0.4 is 18.9 Å². The van der Waals surface area contributed by atoms with Gasteiger partial charge in [-0.05, 0) is 133 Å². The molecule has 25 heteroatoms. The number of benzene rings is 3. The molecule has 6 rings (SSSR count). The van der Waals surface area contributed by atoms with Gasteiger partial charge < -0.3 is 52.1 Å². The minimum atomic E-state index is -0.701. The number of carbonyl (C=O) groups is 10. The van der Waals surface area contributed by atoms with Gasteiger partial charge in [0.2, 0.25) is 0 Å². The maximum Gasteiger partial charge on any atom is 0.330 e. The molecule has 2 fully saturated rings. The Balaban J connectivity index is 0.916. The van der Waals surface area contributed by atoms with E-state index in [1.807, 2.05) is 6.07 Å². The number of thioether (sulfide) groups is 2. The molecule has 1 heterocycles. The second-order valence-electron chi connectivity index (χ2n) is 22.1. The fourth-order valence-electron chi connectivity index (χ4n) is 9.70. The highest BCUT2D eigenvalue weighted by atomic mass is 32.2. The highest BCUT2D eigenvalue weighted by Gasteiger charge is 2.38. The number of carbonyl (C=O) groups excluding carboxylic acids is 10. The van der Waals surface area contributed by atoms with Crippen molar-refractivity contribution in [3.05, 3.63) is 117 Å². The fraction of sp³-hybridized carbons (Fsp3) is 0.463. The van der Waals surface area contributed by atoms with E-state index in [1.165, 1.54) is 0 Å². The first-order chi connectivity index (χ1) is 44.1. The number of rotatable bonds is 31. The van der Waals surface area contributed by atoms with Gasteiger partial charge in [-0.2, -0.15) is 0 Å². The summed E-state index contributed by atoms with van der Waals surface area (Å²) in [5.74, 6) is -6.57. The smallest absolute Gasteiger partial charge is 0.330 e. The van der Waals surface area contributed by atoms with Crippen molar-refractivity contribution in [2.24, 2.45) is 23.7 Å². The quantitative estimate of drug-likeness (QED) is 0.0144. The molecular weight excluding hydrogens is 1230 g/mol. The van der Waals surface area contributed by atoms with Crippen LogP contribution in [0.5, 0.6) is 23.0 Å². The molecule has 0 saturated heterocycles. The highest BCUT2D eigenvalue weighted by Crippen LogP contribution is 2.61. The molecule has 23 nitrogen and oxygen atoms in total. The number of esters is 10. The summed E-state index contributed by atoms with van der Waals surface area (Å²) >= 11 is 2.16. The molecule has 3 aromatic rings. The van der Waals surface area contributed by atoms with Gasteiger partial charge in [-0.25, -0.2) is 19.7 Å². The molecule has 2 saturated carbocycles. The van der Waals surface area contributed by atoms with Gasteiger partial charge in [0, 0.05) is 25.0 Å². The standard InChI is InChI=1S/C67H74N2O21S2/c1-9-53(70)83-36-39(3)82-37-40(4)85-57(74)29-27-55(72)80-33-31-44-11-23-50(24-12-44)87-63(76)46-15-19-48(20-16-46)65(78)89-59-42(6)43(7)60(62-61(59)91-67(92-62)52(35-68)69-8)90-66(79)49-21-17-47(18-22-49)64(77)88-51-25-13-45(14-26-51)32-34-81-56(73)28-30-58(75)86-41(5)38-84-54(71)10-2/h9-14,23-26,39-41,46-49H,1-2,15-22,27-34,36-38H2,3-7H3/b67-52-/t39?,40?,41?,46-,47-,48-,49-. The largest absolute Gasteiger partial charge is 0.465 e. The van der Waals surface area contributed by atoms with Crippen molar-refractivity contribution in [1.82, 2.24) is 0 Å². The Kier molecular flexibility index (Phi) is 28.5. The minimum absolute atomic E-state index is 0.0137. The van der Waals surface area contributed by atoms with Gasteiger partial charge in [-0.1, -0.05) is 60.9 Å². The first-order valence-corrected chi connectivity index (χ1v) is 31.7. The zero-order valence-corrected chi connectivity index (χ0v) is 53.6. The summed E-state index contributed by atoms with van der Waals surface area (Å²) in [6, 6.07) is 15.4. The Morgan fingerprint density at radius 1 is 0.533 bits per heavy atom. The van der Waals surface area contributed by atoms with Gasteiger partial charge in [-0.3, -0.25) is 38.4 Å². The van der Waals surface area contributed by atoms with Crippen molar-refractivity contribution in [2.45, 2.75) is 153 Å². The number of fused-ring (bicyclic) bond motifs is 1. The van der Waals surface area contributed by atoms with Crippen molar-refractivity contribution in [2.75, 3.05) is 33.0 Å². The summed E-state index contributed by atoms with van der Waals surface area (Å²) in [6.45, 7) is 22.6. The van der Waals surface area contributed by atoms with Crippen LogP contribution in [-0.2, 0) is 93.9 Å². The molecule has 0 radical (unpaired) electrons. The van der Waals surface area contributed by atoms with Gasteiger partial charge in [0.05, 0.1) is 102 Å². The van der Waals surface area contributed by atoms with E-state index in [1.54, 1.807) is 83.1 Å². The third kappa shape index (κ3) is 22.6. The van der Waals surface area contributed by atoms with Crippen LogP contribution in [-0.4, -0.2) is 111 Å².